The van der Waals surface area contributed by atoms with Crippen LogP contribution >= 0.6 is 0 Å². The van der Waals surface area contributed by atoms with E-state index in [4.69, 9.17) is 9.47 Å². The Labute approximate surface area is 187 Å². The van der Waals surface area contributed by atoms with Crippen LogP contribution in [0.15, 0.2) is 78.9 Å². The van der Waals surface area contributed by atoms with Gasteiger partial charge in [0.1, 0.15) is 11.5 Å². The first-order valence-corrected chi connectivity index (χ1v) is 10.4. The molecule has 0 aliphatic carbocycles. The number of hydrogen-bond acceptors (Lipinski definition) is 4. The molecule has 1 aliphatic rings. The second-order valence-corrected chi connectivity index (χ2v) is 7.49. The fourth-order valence-electron chi connectivity index (χ4n) is 3.58. The molecule has 3 aromatic rings. The van der Waals surface area contributed by atoms with Gasteiger partial charge in [0, 0.05) is 5.69 Å². The quantitative estimate of drug-likeness (QED) is 0.629. The molecule has 0 spiro atoms. The van der Waals surface area contributed by atoms with Gasteiger partial charge in [0.15, 0.2) is 6.10 Å². The van der Waals surface area contributed by atoms with Gasteiger partial charge in [-0.1, -0.05) is 42.5 Å². The number of nitrogens with one attached hydrogen (secondary N) is 2. The molecule has 0 aromatic heterocycles. The average Bonchev–Trinajstić information content (AvgIpc) is 2.83. The molecular formula is C25H25N3O4. The number of urea groups is 1. The van der Waals surface area contributed by atoms with Gasteiger partial charge >= 0.3 is 6.03 Å². The van der Waals surface area contributed by atoms with Crippen molar-refractivity contribution in [1.82, 2.24) is 5.32 Å². The lowest BCUT2D eigenvalue weighted by atomic mass is 10.1. The Hall–Kier alpha value is -4.00. The zero-order valence-electron chi connectivity index (χ0n) is 17.9. The first-order valence-electron chi connectivity index (χ1n) is 10.4. The molecule has 0 radical (unpaired) electrons. The lowest BCUT2D eigenvalue weighted by Crippen LogP contribution is -2.52. The molecule has 2 N–H and O–H groups in total. The van der Waals surface area contributed by atoms with Gasteiger partial charge in [-0.2, -0.15) is 0 Å². The van der Waals surface area contributed by atoms with Crippen LogP contribution in [0.2, 0.25) is 0 Å². The SMILES string of the molecule is COc1cccc([C@@H](C)NC(=O)C2CN(C(=O)Nc3ccccc3)c3ccccc3O2)c1. The highest BCUT2D eigenvalue weighted by molar-refractivity contribution is 6.04. The predicted molar refractivity (Wildman–Crippen MR) is 123 cm³/mol. The third kappa shape index (κ3) is 4.67. The molecule has 164 valence electrons. The molecule has 1 unspecified atom stereocenters. The van der Waals surface area contributed by atoms with Crippen LogP contribution in [0, 0.1) is 0 Å². The van der Waals surface area contributed by atoms with Gasteiger partial charge in [0.25, 0.3) is 5.91 Å². The van der Waals surface area contributed by atoms with Crippen molar-refractivity contribution in [2.24, 2.45) is 0 Å². The summed E-state index contributed by atoms with van der Waals surface area (Å²) in [6, 6.07) is 23.3. The molecule has 32 heavy (non-hydrogen) atoms. The fraction of sp³-hybridized carbons (Fsp3) is 0.200. The van der Waals surface area contributed by atoms with Crippen LogP contribution < -0.4 is 25.0 Å². The van der Waals surface area contributed by atoms with Gasteiger partial charge in [0.2, 0.25) is 0 Å². The molecule has 3 amide bonds. The molecule has 0 saturated carbocycles. The normalized spacial score (nSPS) is 15.7. The van der Waals surface area contributed by atoms with Crippen LogP contribution in [0.3, 0.4) is 0 Å². The Morgan fingerprint density at radius 3 is 2.56 bits per heavy atom. The molecule has 7 heteroatoms. The summed E-state index contributed by atoms with van der Waals surface area (Å²) in [4.78, 5) is 27.6. The van der Waals surface area contributed by atoms with E-state index in [1.807, 2.05) is 73.7 Å². The number of carbonyl (C=O) groups is 2. The second kappa shape index (κ2) is 9.43. The Kier molecular flexibility index (Phi) is 6.26. The first-order chi connectivity index (χ1) is 15.5. The molecule has 7 nitrogen and oxygen atoms in total. The van der Waals surface area contributed by atoms with Crippen LogP contribution in [0.4, 0.5) is 16.2 Å². The summed E-state index contributed by atoms with van der Waals surface area (Å²) in [6.45, 7) is 1.98. The molecule has 3 aromatic carbocycles. The third-order valence-corrected chi connectivity index (χ3v) is 5.29. The summed E-state index contributed by atoms with van der Waals surface area (Å²) in [5.74, 6) is 0.902. The van der Waals surface area contributed by atoms with E-state index in [0.29, 0.717) is 17.1 Å². The van der Waals surface area contributed by atoms with E-state index in [1.165, 1.54) is 4.90 Å². The molecule has 4 rings (SSSR count). The van der Waals surface area contributed by atoms with E-state index in [-0.39, 0.29) is 24.5 Å². The van der Waals surface area contributed by atoms with Crippen LogP contribution in [0.5, 0.6) is 11.5 Å². The minimum Gasteiger partial charge on any atom is -0.497 e. The molecule has 0 fully saturated rings. The van der Waals surface area contributed by atoms with Crippen molar-refractivity contribution in [1.29, 1.82) is 0 Å². The number of amides is 3. The highest BCUT2D eigenvalue weighted by atomic mass is 16.5. The molecular weight excluding hydrogens is 406 g/mol. The number of para-hydroxylation sites is 3. The number of benzene rings is 3. The molecule has 2 atom stereocenters. The molecule has 0 saturated heterocycles. The van der Waals surface area contributed by atoms with E-state index < -0.39 is 6.10 Å². The van der Waals surface area contributed by atoms with Crippen molar-refractivity contribution < 1.29 is 19.1 Å². The van der Waals surface area contributed by atoms with Crippen molar-refractivity contribution in [2.75, 3.05) is 23.9 Å². The molecule has 1 heterocycles. The third-order valence-electron chi connectivity index (χ3n) is 5.29. The van der Waals surface area contributed by atoms with Crippen molar-refractivity contribution in [3.63, 3.8) is 0 Å². The second-order valence-electron chi connectivity index (χ2n) is 7.49. The maximum Gasteiger partial charge on any atom is 0.326 e. The van der Waals surface area contributed by atoms with Gasteiger partial charge < -0.3 is 20.1 Å². The number of methoxy groups -OCH3 is 1. The van der Waals surface area contributed by atoms with E-state index in [9.17, 15) is 9.59 Å². The topological polar surface area (TPSA) is 79.9 Å². The number of anilines is 2. The number of hydrogen-bond donors (Lipinski definition) is 2. The summed E-state index contributed by atoms with van der Waals surface area (Å²) in [7, 11) is 1.60. The number of rotatable bonds is 5. The van der Waals surface area contributed by atoms with Crippen molar-refractivity contribution >= 4 is 23.3 Å². The Bertz CT molecular complexity index is 1100. The minimum absolute atomic E-state index is 0.0896. The zero-order chi connectivity index (χ0) is 22.5. The number of carbonyl (C=O) groups excluding carboxylic acids is 2. The van der Waals surface area contributed by atoms with Crippen LogP contribution in [0.25, 0.3) is 0 Å². The van der Waals surface area contributed by atoms with Crippen molar-refractivity contribution in [2.45, 2.75) is 19.1 Å². The predicted octanol–water partition coefficient (Wildman–Crippen LogP) is 4.37. The smallest absolute Gasteiger partial charge is 0.326 e. The number of fused-ring (bicyclic) bond motifs is 1. The zero-order valence-corrected chi connectivity index (χ0v) is 17.9. The molecule has 1 aliphatic heterocycles. The maximum absolute atomic E-state index is 13.0. The van der Waals surface area contributed by atoms with E-state index >= 15 is 0 Å². The lowest BCUT2D eigenvalue weighted by Gasteiger charge is -2.34. The molecule has 0 bridgehead atoms. The van der Waals surface area contributed by atoms with Gasteiger partial charge in [0.05, 0.1) is 25.4 Å². The maximum atomic E-state index is 13.0. The Morgan fingerprint density at radius 1 is 1.03 bits per heavy atom. The lowest BCUT2D eigenvalue weighted by molar-refractivity contribution is -0.128. The summed E-state index contributed by atoms with van der Waals surface area (Å²) in [5.41, 5.74) is 2.20. The Morgan fingerprint density at radius 2 is 1.78 bits per heavy atom. The van der Waals surface area contributed by atoms with E-state index in [2.05, 4.69) is 10.6 Å². The fourth-order valence-corrected chi connectivity index (χ4v) is 3.58. The summed E-state index contributed by atoms with van der Waals surface area (Å²) in [5, 5.41) is 5.86. The standard InChI is InChI=1S/C25H25N3O4/c1-17(18-9-8-12-20(15-18)31-2)26-24(29)23-16-28(21-13-6-7-14-22(21)32-23)25(30)27-19-10-4-3-5-11-19/h3-15,17,23H,16H2,1-2H3,(H,26,29)(H,27,30)/t17-,23?/m1/s1. The first kappa shape index (κ1) is 21.2. The highest BCUT2D eigenvalue weighted by Crippen LogP contribution is 2.33. The monoisotopic (exact) mass is 431 g/mol. The van der Waals surface area contributed by atoms with Crippen LogP contribution in [0.1, 0.15) is 18.5 Å². The van der Waals surface area contributed by atoms with Gasteiger partial charge in [-0.3, -0.25) is 9.69 Å². The van der Waals surface area contributed by atoms with E-state index in [0.717, 1.165) is 11.3 Å². The van der Waals surface area contributed by atoms with E-state index in [1.54, 1.807) is 19.2 Å². The highest BCUT2D eigenvalue weighted by Gasteiger charge is 2.34. The van der Waals surface area contributed by atoms with Gasteiger partial charge in [-0.25, -0.2) is 4.79 Å². The average molecular weight is 431 g/mol. The van der Waals surface area contributed by atoms with Crippen LogP contribution in [-0.4, -0.2) is 31.7 Å². The summed E-state index contributed by atoms with van der Waals surface area (Å²) >= 11 is 0. The van der Waals surface area contributed by atoms with Crippen LogP contribution in [-0.2, 0) is 4.79 Å². The summed E-state index contributed by atoms with van der Waals surface area (Å²) < 4.78 is 11.2. The number of nitrogens with zero attached hydrogens (tertiary/aromatic N) is 1. The minimum atomic E-state index is -0.848. The van der Waals surface area contributed by atoms with Gasteiger partial charge in [-0.05, 0) is 48.9 Å². The number of ether oxygens (including phenoxy) is 2. The largest absolute Gasteiger partial charge is 0.497 e. The van der Waals surface area contributed by atoms with Crippen molar-refractivity contribution in [3.05, 3.63) is 84.4 Å². The van der Waals surface area contributed by atoms with Crippen molar-refractivity contribution in [3.8, 4) is 11.5 Å². The van der Waals surface area contributed by atoms with Gasteiger partial charge in [-0.15, -0.1) is 0 Å². The summed E-state index contributed by atoms with van der Waals surface area (Å²) in [6.07, 6.45) is -0.848. The Balaban J connectivity index is 1.51.